The van der Waals surface area contributed by atoms with Crippen LogP contribution in [-0.2, 0) is 4.79 Å². The zero-order chi connectivity index (χ0) is 29.4. The fourth-order valence-electron chi connectivity index (χ4n) is 5.19. The van der Waals surface area contributed by atoms with Crippen molar-refractivity contribution < 1.29 is 19.8 Å². The molecule has 0 unspecified atom stereocenters. The van der Waals surface area contributed by atoms with E-state index in [0.717, 1.165) is 33.6 Å². The summed E-state index contributed by atoms with van der Waals surface area (Å²) in [4.78, 5) is 27.2. The van der Waals surface area contributed by atoms with E-state index in [1.54, 1.807) is 35.2 Å². The number of amides is 1. The molecule has 7 nitrogen and oxygen atoms in total. The van der Waals surface area contributed by atoms with Crippen LogP contribution >= 0.6 is 0 Å². The average Bonchev–Trinajstić information content (AvgIpc) is 3.28. The van der Waals surface area contributed by atoms with Gasteiger partial charge in [-0.15, -0.1) is 0 Å². The summed E-state index contributed by atoms with van der Waals surface area (Å²) in [6.07, 6.45) is 0. The lowest BCUT2D eigenvalue weighted by molar-refractivity contribution is -0.111. The second-order valence-corrected chi connectivity index (χ2v) is 10.1. The SMILES string of the molecule is Cc1cccc(N2C(=O)C(=NNc3cccc(-c4cccc(C(=O)O)c4)c3O)c3ccc(-c4ccccc4)cc32)c1C. The normalized spacial score (nSPS) is 13.3. The Morgan fingerprint density at radius 2 is 1.48 bits per heavy atom. The van der Waals surface area contributed by atoms with Gasteiger partial charge in [0.05, 0.1) is 22.6 Å². The molecule has 0 radical (unpaired) electrons. The predicted octanol–water partition coefficient (Wildman–Crippen LogP) is 7.54. The molecule has 1 aliphatic heterocycles. The molecule has 0 atom stereocenters. The number of benzene rings is 5. The molecule has 1 aliphatic rings. The summed E-state index contributed by atoms with van der Waals surface area (Å²) in [5.41, 5.74) is 10.7. The standard InChI is InChI=1S/C35H27N3O4/c1-21-9-6-16-30(22(21)2)38-31-20-24(23-10-4-3-5-11-23)17-18-28(31)32(34(38)40)37-36-29-15-8-14-27(33(29)39)25-12-7-13-26(19-25)35(41)42/h3-20,36,39H,1-2H3,(H,41,42). The van der Waals surface area contributed by atoms with E-state index in [9.17, 15) is 19.8 Å². The van der Waals surface area contributed by atoms with Crippen molar-refractivity contribution >= 4 is 34.7 Å². The monoisotopic (exact) mass is 553 g/mol. The molecule has 0 fully saturated rings. The minimum absolute atomic E-state index is 0.110. The smallest absolute Gasteiger partial charge is 0.335 e. The average molecular weight is 554 g/mol. The number of carboxylic acids is 1. The van der Waals surface area contributed by atoms with Gasteiger partial charge in [-0.1, -0.05) is 72.8 Å². The molecule has 3 N–H and O–H groups in total. The molecule has 206 valence electrons. The Hall–Kier alpha value is -5.69. The molecule has 42 heavy (non-hydrogen) atoms. The fourth-order valence-corrected chi connectivity index (χ4v) is 5.19. The number of phenolic OH excluding ortho intramolecular Hbond substituents is 1. The zero-order valence-corrected chi connectivity index (χ0v) is 23.0. The second-order valence-electron chi connectivity index (χ2n) is 10.1. The van der Waals surface area contributed by atoms with Gasteiger partial charge in [0.1, 0.15) is 5.75 Å². The highest BCUT2D eigenvalue weighted by molar-refractivity contribution is 6.56. The second kappa shape index (κ2) is 10.7. The number of para-hydroxylation sites is 1. The zero-order valence-electron chi connectivity index (χ0n) is 23.0. The van der Waals surface area contributed by atoms with Gasteiger partial charge in [-0.3, -0.25) is 15.1 Å². The number of anilines is 3. The van der Waals surface area contributed by atoms with Crippen LogP contribution in [-0.4, -0.2) is 27.8 Å². The summed E-state index contributed by atoms with van der Waals surface area (Å²) in [5, 5.41) is 25.0. The number of nitrogens with one attached hydrogen (secondary N) is 1. The van der Waals surface area contributed by atoms with Crippen LogP contribution in [0.15, 0.2) is 114 Å². The Morgan fingerprint density at radius 3 is 2.26 bits per heavy atom. The summed E-state index contributed by atoms with van der Waals surface area (Å²) in [6.45, 7) is 4.01. The molecule has 0 saturated carbocycles. The molecule has 0 spiro atoms. The van der Waals surface area contributed by atoms with E-state index in [1.807, 2.05) is 80.6 Å². The van der Waals surface area contributed by atoms with E-state index in [1.165, 1.54) is 12.1 Å². The molecule has 7 heteroatoms. The largest absolute Gasteiger partial charge is 0.505 e. The number of carbonyl (C=O) groups is 2. The third-order valence-electron chi connectivity index (χ3n) is 7.57. The molecule has 0 aliphatic carbocycles. The van der Waals surface area contributed by atoms with Crippen molar-refractivity contribution in [2.24, 2.45) is 5.10 Å². The quantitative estimate of drug-likeness (QED) is 0.149. The Bertz CT molecular complexity index is 1900. The van der Waals surface area contributed by atoms with Gasteiger partial charge in [0, 0.05) is 11.1 Å². The van der Waals surface area contributed by atoms with Crippen LogP contribution in [0.1, 0.15) is 27.0 Å². The van der Waals surface area contributed by atoms with Crippen molar-refractivity contribution in [1.82, 2.24) is 0 Å². The van der Waals surface area contributed by atoms with Gasteiger partial charge in [-0.25, -0.2) is 4.79 Å². The molecule has 5 aromatic carbocycles. The highest BCUT2D eigenvalue weighted by atomic mass is 16.4. The van der Waals surface area contributed by atoms with Gasteiger partial charge in [-0.2, -0.15) is 5.10 Å². The summed E-state index contributed by atoms with van der Waals surface area (Å²) in [5.74, 6) is -1.46. The van der Waals surface area contributed by atoms with Gasteiger partial charge < -0.3 is 10.2 Å². The Kier molecular flexibility index (Phi) is 6.76. The molecular formula is C35H27N3O4. The Balaban J connectivity index is 1.42. The topological polar surface area (TPSA) is 102 Å². The molecule has 0 bridgehead atoms. The van der Waals surface area contributed by atoms with E-state index < -0.39 is 5.97 Å². The van der Waals surface area contributed by atoms with Gasteiger partial charge in [0.15, 0.2) is 5.71 Å². The Labute approximate surface area is 243 Å². The van der Waals surface area contributed by atoms with E-state index in [4.69, 9.17) is 0 Å². The van der Waals surface area contributed by atoms with Crippen molar-refractivity contribution in [3.63, 3.8) is 0 Å². The molecule has 5 aromatic rings. The number of aryl methyl sites for hydroxylation is 1. The van der Waals surface area contributed by atoms with E-state index in [-0.39, 0.29) is 28.6 Å². The molecular weight excluding hydrogens is 526 g/mol. The van der Waals surface area contributed by atoms with Crippen molar-refractivity contribution in [3.05, 3.63) is 131 Å². The lowest BCUT2D eigenvalue weighted by Crippen LogP contribution is -2.26. The minimum atomic E-state index is -1.06. The third kappa shape index (κ3) is 4.67. The number of hydrazone groups is 1. The molecule has 1 amide bonds. The summed E-state index contributed by atoms with van der Waals surface area (Å²) in [7, 11) is 0. The summed E-state index contributed by atoms with van der Waals surface area (Å²) < 4.78 is 0. The maximum Gasteiger partial charge on any atom is 0.335 e. The van der Waals surface area contributed by atoms with E-state index >= 15 is 0 Å². The van der Waals surface area contributed by atoms with Gasteiger partial charge in [0.25, 0.3) is 5.91 Å². The van der Waals surface area contributed by atoms with Gasteiger partial charge in [0.2, 0.25) is 0 Å². The number of hydrogen-bond acceptors (Lipinski definition) is 5. The first-order valence-electron chi connectivity index (χ1n) is 13.4. The number of carbonyl (C=O) groups excluding carboxylic acids is 1. The van der Waals surface area contributed by atoms with Crippen LogP contribution in [0.5, 0.6) is 5.75 Å². The first-order valence-corrected chi connectivity index (χ1v) is 13.4. The van der Waals surface area contributed by atoms with Crippen molar-refractivity contribution in [2.45, 2.75) is 13.8 Å². The predicted molar refractivity (Wildman–Crippen MR) is 166 cm³/mol. The van der Waals surface area contributed by atoms with Crippen LogP contribution in [0.3, 0.4) is 0 Å². The van der Waals surface area contributed by atoms with Crippen molar-refractivity contribution in [2.75, 3.05) is 10.3 Å². The molecule has 6 rings (SSSR count). The van der Waals surface area contributed by atoms with Crippen molar-refractivity contribution in [3.8, 4) is 28.0 Å². The van der Waals surface area contributed by atoms with Crippen molar-refractivity contribution in [1.29, 1.82) is 0 Å². The first-order chi connectivity index (χ1) is 20.3. The number of hydrogen-bond donors (Lipinski definition) is 3. The summed E-state index contributed by atoms with van der Waals surface area (Å²) >= 11 is 0. The van der Waals surface area contributed by atoms with E-state index in [2.05, 4.69) is 10.5 Å². The van der Waals surface area contributed by atoms with Gasteiger partial charge >= 0.3 is 5.97 Å². The highest BCUT2D eigenvalue weighted by Crippen LogP contribution is 2.41. The fraction of sp³-hybridized carbons (Fsp3) is 0.0571. The van der Waals surface area contributed by atoms with Crippen LogP contribution < -0.4 is 10.3 Å². The molecule has 0 aromatic heterocycles. The Morgan fingerprint density at radius 1 is 0.738 bits per heavy atom. The summed E-state index contributed by atoms with van der Waals surface area (Å²) in [6, 6.07) is 33.1. The number of phenols is 1. The van der Waals surface area contributed by atoms with Crippen LogP contribution in [0.4, 0.5) is 17.1 Å². The lowest BCUT2D eigenvalue weighted by atomic mass is 10.0. The van der Waals surface area contributed by atoms with Crippen LogP contribution in [0.25, 0.3) is 22.3 Å². The van der Waals surface area contributed by atoms with Crippen LogP contribution in [0.2, 0.25) is 0 Å². The maximum atomic E-state index is 14.0. The molecule has 0 saturated heterocycles. The van der Waals surface area contributed by atoms with Gasteiger partial charge in [-0.05, 0) is 78.1 Å². The third-order valence-corrected chi connectivity index (χ3v) is 7.57. The number of aromatic hydroxyl groups is 1. The lowest BCUT2D eigenvalue weighted by Gasteiger charge is -2.21. The number of fused-ring (bicyclic) bond motifs is 1. The van der Waals surface area contributed by atoms with E-state index in [0.29, 0.717) is 16.7 Å². The number of carboxylic acid groups (broad SMARTS) is 1. The minimum Gasteiger partial charge on any atom is -0.505 e. The first kappa shape index (κ1) is 26.5. The van der Waals surface area contributed by atoms with Crippen LogP contribution in [0, 0.1) is 13.8 Å². The maximum absolute atomic E-state index is 14.0. The highest BCUT2D eigenvalue weighted by Gasteiger charge is 2.36. The number of aromatic carboxylic acids is 1. The molecule has 1 heterocycles. The number of nitrogens with zero attached hydrogens (tertiary/aromatic N) is 2. The number of rotatable bonds is 6.